The average Bonchev–Trinajstić information content (AvgIpc) is 2.17. The summed E-state index contributed by atoms with van der Waals surface area (Å²) < 4.78 is 39.5. The van der Waals surface area contributed by atoms with E-state index in [1.54, 1.807) is 0 Å². The van der Waals surface area contributed by atoms with Gasteiger partial charge < -0.3 is 14.7 Å². The predicted molar refractivity (Wildman–Crippen MR) is 44.4 cm³/mol. The van der Waals surface area contributed by atoms with Crippen molar-refractivity contribution in [2.45, 2.75) is 12.6 Å². The van der Waals surface area contributed by atoms with E-state index in [0.29, 0.717) is 0 Å². The smallest absolute Gasteiger partial charge is 0.465 e. The molecule has 5 nitrogen and oxygen atoms in total. The van der Waals surface area contributed by atoms with Gasteiger partial charge in [0.05, 0.1) is 0 Å². The quantitative estimate of drug-likeness (QED) is 0.701. The number of halogens is 3. The summed E-state index contributed by atoms with van der Waals surface area (Å²) in [5.41, 5.74) is 0. The van der Waals surface area contributed by atoms with E-state index in [2.05, 4.69) is 4.74 Å². The van der Waals surface area contributed by atoms with Crippen LogP contribution in [0.15, 0.2) is 11.8 Å². The van der Waals surface area contributed by atoms with E-state index in [1.807, 2.05) is 0 Å². The molecule has 0 atom stereocenters. The van der Waals surface area contributed by atoms with E-state index in [0.717, 1.165) is 11.0 Å². The number of ether oxygens (including phenoxy) is 1. The van der Waals surface area contributed by atoms with Crippen molar-refractivity contribution in [2.75, 3.05) is 13.1 Å². The number of carboxylic acid groups (broad SMARTS) is 1. The fourth-order valence-electron chi connectivity index (χ4n) is 1.09. The first kappa shape index (κ1) is 12.3. The van der Waals surface area contributed by atoms with Crippen molar-refractivity contribution in [3.63, 3.8) is 0 Å². The highest BCUT2D eigenvalue weighted by molar-refractivity contribution is 5.76. The maximum absolute atomic E-state index is 11.8. The van der Waals surface area contributed by atoms with Gasteiger partial charge in [0.25, 0.3) is 0 Å². The maximum atomic E-state index is 11.8. The van der Waals surface area contributed by atoms with E-state index < -0.39 is 18.2 Å². The highest BCUT2D eigenvalue weighted by atomic mass is 19.4. The van der Waals surface area contributed by atoms with Crippen molar-refractivity contribution in [2.24, 2.45) is 0 Å². The molecule has 8 heteroatoms. The van der Waals surface area contributed by atoms with Gasteiger partial charge in [-0.1, -0.05) is 0 Å². The fraction of sp³-hybridized carbons (Fsp3) is 0.500. The summed E-state index contributed by atoms with van der Waals surface area (Å²) in [5, 5.41) is 8.54. The molecular weight excluding hydrogens is 231 g/mol. The monoisotopic (exact) mass is 239 g/mol. The number of carbonyl (C=O) groups is 2. The summed E-state index contributed by atoms with van der Waals surface area (Å²) in [6.07, 6.45) is -5.11. The molecule has 0 radical (unpaired) electrons. The molecule has 0 fully saturated rings. The summed E-state index contributed by atoms with van der Waals surface area (Å²) in [6.45, 7) is -0.0812. The lowest BCUT2D eigenvalue weighted by Gasteiger charge is -2.23. The first-order valence-corrected chi connectivity index (χ1v) is 4.26. The zero-order valence-electron chi connectivity index (χ0n) is 7.95. The molecule has 1 heterocycles. The fourth-order valence-corrected chi connectivity index (χ4v) is 1.09. The van der Waals surface area contributed by atoms with Crippen LogP contribution in [-0.2, 0) is 9.53 Å². The van der Waals surface area contributed by atoms with Crippen LogP contribution in [0.2, 0.25) is 0 Å². The zero-order chi connectivity index (χ0) is 12.3. The normalized spacial score (nSPS) is 16.7. The second-order valence-electron chi connectivity index (χ2n) is 3.04. The Morgan fingerprint density at radius 2 is 2.06 bits per heavy atom. The Hall–Kier alpha value is -1.73. The Morgan fingerprint density at radius 3 is 2.44 bits per heavy atom. The van der Waals surface area contributed by atoms with Gasteiger partial charge in [-0.2, -0.15) is 13.2 Å². The van der Waals surface area contributed by atoms with Crippen molar-refractivity contribution < 1.29 is 32.6 Å². The van der Waals surface area contributed by atoms with Crippen molar-refractivity contribution in [1.29, 1.82) is 0 Å². The molecule has 0 bridgehead atoms. The van der Waals surface area contributed by atoms with E-state index in [9.17, 15) is 22.8 Å². The molecule has 1 rings (SSSR count). The van der Waals surface area contributed by atoms with Gasteiger partial charge in [0.2, 0.25) is 0 Å². The lowest BCUT2D eigenvalue weighted by atomic mass is 10.2. The van der Waals surface area contributed by atoms with Crippen molar-refractivity contribution in [1.82, 2.24) is 4.90 Å². The van der Waals surface area contributed by atoms with Crippen LogP contribution >= 0.6 is 0 Å². The zero-order valence-corrected chi connectivity index (χ0v) is 7.95. The standard InChI is InChI=1S/C8H8F3NO4/c9-8(10,11)6(13)16-5-1-3-12(4-2-5)7(14)15/h1H,2-4H2,(H,14,15). The van der Waals surface area contributed by atoms with Gasteiger partial charge in [0, 0.05) is 19.5 Å². The molecule has 0 spiro atoms. The van der Waals surface area contributed by atoms with Crippen LogP contribution in [0, 0.1) is 0 Å². The molecular formula is C8H8F3NO4. The van der Waals surface area contributed by atoms with Gasteiger partial charge in [-0.25, -0.2) is 9.59 Å². The number of esters is 1. The number of hydrogen-bond acceptors (Lipinski definition) is 3. The number of rotatable bonds is 1. The lowest BCUT2D eigenvalue weighted by Crippen LogP contribution is -2.35. The minimum atomic E-state index is -5.04. The number of amides is 1. The van der Waals surface area contributed by atoms with Crippen LogP contribution in [0.25, 0.3) is 0 Å². The largest absolute Gasteiger partial charge is 0.491 e. The summed E-state index contributed by atoms with van der Waals surface area (Å²) in [6, 6.07) is 0. The molecule has 90 valence electrons. The van der Waals surface area contributed by atoms with E-state index >= 15 is 0 Å². The third-order valence-electron chi connectivity index (χ3n) is 1.89. The second kappa shape index (κ2) is 4.42. The summed E-state index contributed by atoms with van der Waals surface area (Å²) in [4.78, 5) is 21.9. The number of hydrogen-bond donors (Lipinski definition) is 1. The van der Waals surface area contributed by atoms with Crippen LogP contribution in [0.3, 0.4) is 0 Å². The summed E-state index contributed by atoms with van der Waals surface area (Å²) >= 11 is 0. The predicted octanol–water partition coefficient (Wildman–Crippen LogP) is 1.36. The van der Waals surface area contributed by atoms with E-state index in [-0.39, 0.29) is 25.3 Å². The van der Waals surface area contributed by atoms with Gasteiger partial charge in [-0.3, -0.25) is 0 Å². The summed E-state index contributed by atoms with van der Waals surface area (Å²) in [7, 11) is 0. The molecule has 0 unspecified atom stereocenters. The number of carbonyl (C=O) groups excluding carboxylic acids is 1. The Labute approximate surface area is 88.1 Å². The molecule has 0 aromatic rings. The molecule has 16 heavy (non-hydrogen) atoms. The third kappa shape index (κ3) is 3.14. The second-order valence-corrected chi connectivity index (χ2v) is 3.04. The number of alkyl halides is 3. The van der Waals surface area contributed by atoms with Crippen molar-refractivity contribution >= 4 is 12.1 Å². The van der Waals surface area contributed by atoms with E-state index in [4.69, 9.17) is 5.11 Å². The SMILES string of the molecule is O=C(O)N1CC=C(OC(=O)C(F)(F)F)CC1. The third-order valence-corrected chi connectivity index (χ3v) is 1.89. The van der Waals surface area contributed by atoms with Crippen LogP contribution in [0.4, 0.5) is 18.0 Å². The number of nitrogens with zero attached hydrogens (tertiary/aromatic N) is 1. The molecule has 0 saturated carbocycles. The van der Waals surface area contributed by atoms with Gasteiger partial charge in [0.1, 0.15) is 5.76 Å². The highest BCUT2D eigenvalue weighted by Crippen LogP contribution is 2.21. The molecule has 1 aliphatic heterocycles. The Bertz CT molecular complexity index is 337. The maximum Gasteiger partial charge on any atom is 0.491 e. The Kier molecular flexibility index (Phi) is 3.41. The van der Waals surface area contributed by atoms with Crippen LogP contribution < -0.4 is 0 Å². The molecule has 0 aliphatic carbocycles. The Morgan fingerprint density at radius 1 is 1.44 bits per heavy atom. The van der Waals surface area contributed by atoms with Gasteiger partial charge in [-0.15, -0.1) is 0 Å². The Balaban J connectivity index is 2.53. The van der Waals surface area contributed by atoms with Gasteiger partial charge in [-0.05, 0) is 6.08 Å². The van der Waals surface area contributed by atoms with Gasteiger partial charge >= 0.3 is 18.2 Å². The van der Waals surface area contributed by atoms with E-state index in [1.165, 1.54) is 0 Å². The summed E-state index contributed by atoms with van der Waals surface area (Å²) in [5.74, 6) is -2.44. The van der Waals surface area contributed by atoms with Crippen LogP contribution in [0.1, 0.15) is 6.42 Å². The minimum absolute atomic E-state index is 0.00625. The van der Waals surface area contributed by atoms with Crippen LogP contribution in [-0.4, -0.2) is 41.3 Å². The lowest BCUT2D eigenvalue weighted by molar-refractivity contribution is -0.195. The van der Waals surface area contributed by atoms with Crippen molar-refractivity contribution in [3.8, 4) is 0 Å². The van der Waals surface area contributed by atoms with Gasteiger partial charge in [0.15, 0.2) is 0 Å². The topological polar surface area (TPSA) is 66.8 Å². The first-order valence-electron chi connectivity index (χ1n) is 4.26. The molecule has 0 aromatic carbocycles. The molecule has 0 saturated heterocycles. The molecule has 1 N–H and O–H groups in total. The molecule has 0 aromatic heterocycles. The van der Waals surface area contributed by atoms with Crippen molar-refractivity contribution in [3.05, 3.63) is 11.8 Å². The minimum Gasteiger partial charge on any atom is -0.465 e. The molecule has 1 aliphatic rings. The molecule has 1 amide bonds. The van der Waals surface area contributed by atoms with Crippen LogP contribution in [0.5, 0.6) is 0 Å². The average molecular weight is 239 g/mol. The first-order chi connectivity index (χ1) is 7.30. The highest BCUT2D eigenvalue weighted by Gasteiger charge is 2.41.